The van der Waals surface area contributed by atoms with E-state index in [2.05, 4.69) is 33.8 Å². The molecule has 0 saturated heterocycles. The predicted octanol–water partition coefficient (Wildman–Crippen LogP) is 4.87. The van der Waals surface area contributed by atoms with Gasteiger partial charge in [-0.25, -0.2) is 4.98 Å². The lowest BCUT2D eigenvalue weighted by molar-refractivity contribution is -0.742. The zero-order valence-corrected chi connectivity index (χ0v) is 15.2. The molecule has 3 aromatic rings. The molecule has 3 rings (SSSR count). The Balaban J connectivity index is 0.000000552. The van der Waals surface area contributed by atoms with Crippen molar-refractivity contribution in [2.75, 3.05) is 0 Å². The minimum absolute atomic E-state index is 0.354. The second-order valence-corrected chi connectivity index (χ2v) is 6.45. The van der Waals surface area contributed by atoms with E-state index in [1.54, 1.807) is 6.20 Å². The van der Waals surface area contributed by atoms with Crippen LogP contribution in [0, 0.1) is 10.1 Å². The van der Waals surface area contributed by atoms with E-state index in [-0.39, 0.29) is 0 Å². The van der Waals surface area contributed by atoms with Crippen LogP contribution in [0.15, 0.2) is 67.3 Å². The molecule has 0 fully saturated rings. The highest BCUT2D eigenvalue weighted by atomic mass is 35.5. The van der Waals surface area contributed by atoms with Gasteiger partial charge in [-0.3, -0.25) is 0 Å². The Bertz CT molecular complexity index is 803. The molecular formula is C18H17Cl2N3O3. The zero-order valence-electron chi connectivity index (χ0n) is 13.7. The maximum absolute atomic E-state index is 8.36. The third kappa shape index (κ3) is 6.74. The smallest absolute Gasteiger partial charge is 0.291 e. The third-order valence-corrected chi connectivity index (χ3v) is 4.23. The Kier molecular flexibility index (Phi) is 7.44. The average molecular weight is 394 g/mol. The Morgan fingerprint density at radius 3 is 2.12 bits per heavy atom. The standard InChI is InChI=1S/C18H16Cl2N2.HNO3/c19-17-5-1-14(2-6-17)11-16(12-22-10-9-21-13-22)15-3-7-18(20)8-4-15;2-1(3)4/h1-10,13,16H,11-12H2;(H,2,3,4). The van der Waals surface area contributed by atoms with Gasteiger partial charge in [-0.15, -0.1) is 10.1 Å². The summed E-state index contributed by atoms with van der Waals surface area (Å²) in [5.41, 5.74) is 2.54. The zero-order chi connectivity index (χ0) is 18.9. The van der Waals surface area contributed by atoms with E-state index < -0.39 is 5.09 Å². The molecule has 1 aromatic heterocycles. The second kappa shape index (κ2) is 9.79. The maximum Gasteiger partial charge on any atom is 0.291 e. The number of aromatic nitrogens is 2. The van der Waals surface area contributed by atoms with Crippen molar-refractivity contribution >= 4 is 23.2 Å². The van der Waals surface area contributed by atoms with Crippen molar-refractivity contribution in [1.29, 1.82) is 0 Å². The van der Waals surface area contributed by atoms with Crippen LogP contribution in [0.3, 0.4) is 0 Å². The molecule has 0 aliphatic carbocycles. The van der Waals surface area contributed by atoms with E-state index in [4.69, 9.17) is 38.5 Å². The molecule has 8 heteroatoms. The maximum atomic E-state index is 8.36. The molecule has 0 bridgehead atoms. The van der Waals surface area contributed by atoms with Crippen molar-refractivity contribution in [2.45, 2.75) is 18.9 Å². The van der Waals surface area contributed by atoms with E-state index in [1.165, 1.54) is 11.1 Å². The van der Waals surface area contributed by atoms with Gasteiger partial charge in [0.1, 0.15) is 0 Å². The third-order valence-electron chi connectivity index (χ3n) is 3.73. The molecule has 26 heavy (non-hydrogen) atoms. The number of rotatable bonds is 5. The van der Waals surface area contributed by atoms with Crippen molar-refractivity contribution in [1.82, 2.24) is 9.55 Å². The first-order valence-corrected chi connectivity index (χ1v) is 8.48. The summed E-state index contributed by atoms with van der Waals surface area (Å²) in [4.78, 5) is 12.5. The molecule has 0 amide bonds. The van der Waals surface area contributed by atoms with Gasteiger partial charge in [0.25, 0.3) is 5.09 Å². The highest BCUT2D eigenvalue weighted by Gasteiger charge is 2.13. The summed E-state index contributed by atoms with van der Waals surface area (Å²) in [5.74, 6) is 0.354. The van der Waals surface area contributed by atoms with Gasteiger partial charge < -0.3 is 9.77 Å². The number of hydrogen-bond donors (Lipinski definition) is 1. The van der Waals surface area contributed by atoms with E-state index in [9.17, 15) is 0 Å². The number of nitrogens with zero attached hydrogens (tertiary/aromatic N) is 3. The summed E-state index contributed by atoms with van der Waals surface area (Å²) in [5, 5.41) is 15.2. The van der Waals surface area contributed by atoms with Crippen LogP contribution in [0.5, 0.6) is 0 Å². The Morgan fingerprint density at radius 1 is 1.08 bits per heavy atom. The van der Waals surface area contributed by atoms with Gasteiger partial charge in [-0.1, -0.05) is 47.5 Å². The summed E-state index contributed by atoms with van der Waals surface area (Å²) in [6.45, 7) is 0.879. The fourth-order valence-electron chi connectivity index (χ4n) is 2.58. The monoisotopic (exact) mass is 393 g/mol. The second-order valence-electron chi connectivity index (χ2n) is 5.58. The molecule has 0 spiro atoms. The molecule has 2 aromatic carbocycles. The molecule has 1 N–H and O–H groups in total. The minimum Gasteiger partial charge on any atom is -0.337 e. The average Bonchev–Trinajstić information content (AvgIpc) is 3.10. The fraction of sp³-hybridized carbons (Fsp3) is 0.167. The van der Waals surface area contributed by atoms with Crippen LogP contribution in [0.2, 0.25) is 10.0 Å². The van der Waals surface area contributed by atoms with E-state index in [1.807, 2.05) is 36.8 Å². The van der Waals surface area contributed by atoms with Crippen LogP contribution >= 0.6 is 23.2 Å². The van der Waals surface area contributed by atoms with Gasteiger partial charge in [0.15, 0.2) is 0 Å². The van der Waals surface area contributed by atoms with Gasteiger partial charge in [0.05, 0.1) is 6.33 Å². The molecular weight excluding hydrogens is 377 g/mol. The van der Waals surface area contributed by atoms with Crippen LogP contribution in [0.4, 0.5) is 0 Å². The quantitative estimate of drug-likeness (QED) is 0.495. The molecule has 0 saturated carbocycles. The van der Waals surface area contributed by atoms with E-state index in [0.29, 0.717) is 5.92 Å². The van der Waals surface area contributed by atoms with E-state index in [0.717, 1.165) is 23.0 Å². The number of imidazole rings is 1. The largest absolute Gasteiger partial charge is 0.337 e. The predicted molar refractivity (Wildman–Crippen MR) is 100 cm³/mol. The summed E-state index contributed by atoms with van der Waals surface area (Å²) < 4.78 is 2.11. The lowest BCUT2D eigenvalue weighted by Crippen LogP contribution is -2.11. The normalized spacial score (nSPS) is 11.3. The van der Waals surface area contributed by atoms with Gasteiger partial charge >= 0.3 is 0 Å². The molecule has 1 heterocycles. The molecule has 0 radical (unpaired) electrons. The minimum atomic E-state index is -1.50. The number of halogens is 2. The molecule has 1 unspecified atom stereocenters. The molecule has 6 nitrogen and oxygen atoms in total. The first-order valence-electron chi connectivity index (χ1n) is 7.73. The van der Waals surface area contributed by atoms with Gasteiger partial charge in [-0.2, -0.15) is 0 Å². The molecule has 136 valence electrons. The molecule has 0 aliphatic rings. The topological polar surface area (TPSA) is 81.2 Å². The van der Waals surface area contributed by atoms with Crippen LogP contribution in [-0.4, -0.2) is 19.8 Å². The number of benzene rings is 2. The highest BCUT2D eigenvalue weighted by molar-refractivity contribution is 6.30. The SMILES string of the molecule is Clc1ccc(CC(Cn2ccnc2)c2ccc(Cl)cc2)cc1.O=[N+]([O-])O. The van der Waals surface area contributed by atoms with Gasteiger partial charge in [0.2, 0.25) is 0 Å². The lowest BCUT2D eigenvalue weighted by Gasteiger charge is -2.18. The Morgan fingerprint density at radius 2 is 1.62 bits per heavy atom. The van der Waals surface area contributed by atoms with Gasteiger partial charge in [0, 0.05) is 34.9 Å². The van der Waals surface area contributed by atoms with Gasteiger partial charge in [-0.05, 0) is 41.8 Å². The van der Waals surface area contributed by atoms with Crippen LogP contribution < -0.4 is 0 Å². The molecule has 1 atom stereocenters. The Hall–Kier alpha value is -2.57. The first kappa shape index (κ1) is 19.8. The fourth-order valence-corrected chi connectivity index (χ4v) is 2.83. The molecule has 0 aliphatic heterocycles. The van der Waals surface area contributed by atoms with Crippen molar-refractivity contribution in [3.05, 3.63) is 98.5 Å². The first-order chi connectivity index (χ1) is 12.4. The van der Waals surface area contributed by atoms with Crippen LogP contribution in [-0.2, 0) is 13.0 Å². The summed E-state index contributed by atoms with van der Waals surface area (Å²) in [7, 11) is 0. The van der Waals surface area contributed by atoms with Crippen LogP contribution in [0.1, 0.15) is 17.0 Å². The van der Waals surface area contributed by atoms with Crippen molar-refractivity contribution in [2.24, 2.45) is 0 Å². The summed E-state index contributed by atoms with van der Waals surface area (Å²) in [6.07, 6.45) is 6.59. The summed E-state index contributed by atoms with van der Waals surface area (Å²) in [6, 6.07) is 16.1. The highest BCUT2D eigenvalue weighted by Crippen LogP contribution is 2.25. The van der Waals surface area contributed by atoms with Crippen molar-refractivity contribution < 1.29 is 10.3 Å². The van der Waals surface area contributed by atoms with Crippen molar-refractivity contribution in [3.8, 4) is 0 Å². The Labute approximate surface area is 160 Å². The van der Waals surface area contributed by atoms with Crippen molar-refractivity contribution in [3.63, 3.8) is 0 Å². The summed E-state index contributed by atoms with van der Waals surface area (Å²) >= 11 is 12.0. The lowest BCUT2D eigenvalue weighted by atomic mass is 9.92. The van der Waals surface area contributed by atoms with Crippen LogP contribution in [0.25, 0.3) is 0 Å². The number of hydrogen-bond acceptors (Lipinski definition) is 3. The van der Waals surface area contributed by atoms with E-state index >= 15 is 0 Å².